The van der Waals surface area contributed by atoms with Gasteiger partial charge in [0.05, 0.1) is 24.6 Å². The third kappa shape index (κ3) is 4.29. The number of hydrogen-bond donors (Lipinski definition) is 1. The summed E-state index contributed by atoms with van der Waals surface area (Å²) in [5.41, 5.74) is 2.75. The van der Waals surface area contributed by atoms with E-state index in [0.29, 0.717) is 36.1 Å². The number of amides is 1. The fourth-order valence-electron chi connectivity index (χ4n) is 4.14. The first kappa shape index (κ1) is 21.4. The van der Waals surface area contributed by atoms with Gasteiger partial charge in [-0.15, -0.1) is 0 Å². The van der Waals surface area contributed by atoms with Crippen LogP contribution >= 0.6 is 0 Å². The molecule has 2 atom stereocenters. The van der Waals surface area contributed by atoms with E-state index in [4.69, 9.17) is 14.5 Å². The summed E-state index contributed by atoms with van der Waals surface area (Å²) in [6, 6.07) is 6.87. The normalized spacial score (nSPS) is 19.1. The maximum absolute atomic E-state index is 12.7. The number of carbonyl (C=O) groups is 1. The maximum Gasteiger partial charge on any atom is 0.387 e. The maximum atomic E-state index is 12.7. The predicted molar refractivity (Wildman–Crippen MR) is 116 cm³/mol. The Morgan fingerprint density at radius 3 is 2.67 bits per heavy atom. The molecule has 1 aromatic carbocycles. The van der Waals surface area contributed by atoms with E-state index in [-0.39, 0.29) is 29.4 Å². The van der Waals surface area contributed by atoms with Crippen LogP contribution in [0.4, 0.5) is 8.78 Å². The smallest absolute Gasteiger partial charge is 0.387 e. The molecular weight excluding hydrogens is 434 g/mol. The van der Waals surface area contributed by atoms with Crippen LogP contribution < -0.4 is 19.5 Å². The SMILES string of the molecule is COc1cc(-c2cc3ncn(C4CC4)c3c(OC(C)C3CNC(=O)C3)n2)ccc1OC(F)F. The van der Waals surface area contributed by atoms with Gasteiger partial charge in [0.15, 0.2) is 11.5 Å². The van der Waals surface area contributed by atoms with E-state index >= 15 is 0 Å². The average Bonchev–Trinajstić information content (AvgIpc) is 3.39. The van der Waals surface area contributed by atoms with Crippen LogP contribution in [0.3, 0.4) is 0 Å². The fraction of sp³-hybridized carbons (Fsp3) is 0.435. The van der Waals surface area contributed by atoms with Crippen molar-refractivity contribution in [3.05, 3.63) is 30.6 Å². The highest BCUT2D eigenvalue weighted by Gasteiger charge is 2.31. The Morgan fingerprint density at radius 1 is 1.18 bits per heavy atom. The Bertz CT molecular complexity index is 1190. The van der Waals surface area contributed by atoms with E-state index in [1.165, 1.54) is 13.2 Å². The Labute approximate surface area is 188 Å². The lowest BCUT2D eigenvalue weighted by Gasteiger charge is -2.20. The number of aromatic nitrogens is 3. The molecule has 1 saturated carbocycles. The number of pyridine rings is 1. The highest BCUT2D eigenvalue weighted by molar-refractivity contribution is 5.85. The van der Waals surface area contributed by atoms with Crippen LogP contribution in [0.2, 0.25) is 0 Å². The molecule has 5 rings (SSSR count). The van der Waals surface area contributed by atoms with Gasteiger partial charge in [-0.1, -0.05) is 0 Å². The Hall–Kier alpha value is -3.43. The van der Waals surface area contributed by atoms with Crippen LogP contribution in [0.15, 0.2) is 30.6 Å². The number of nitrogens with one attached hydrogen (secondary N) is 1. The van der Waals surface area contributed by atoms with E-state index in [9.17, 15) is 13.6 Å². The molecule has 174 valence electrons. The first-order chi connectivity index (χ1) is 15.9. The molecule has 1 N–H and O–H groups in total. The highest BCUT2D eigenvalue weighted by atomic mass is 19.3. The lowest BCUT2D eigenvalue weighted by molar-refractivity contribution is -0.119. The summed E-state index contributed by atoms with van der Waals surface area (Å²) in [5, 5.41) is 2.84. The fourth-order valence-corrected chi connectivity index (χ4v) is 4.14. The summed E-state index contributed by atoms with van der Waals surface area (Å²) in [6.45, 7) is -0.459. The van der Waals surface area contributed by atoms with Crippen LogP contribution in [0.5, 0.6) is 17.4 Å². The zero-order valence-corrected chi connectivity index (χ0v) is 18.3. The lowest BCUT2D eigenvalue weighted by atomic mass is 10.0. The van der Waals surface area contributed by atoms with Gasteiger partial charge in [-0.2, -0.15) is 8.78 Å². The van der Waals surface area contributed by atoms with E-state index in [1.807, 2.05) is 13.0 Å². The van der Waals surface area contributed by atoms with Gasteiger partial charge in [0, 0.05) is 30.5 Å². The number of halogens is 2. The van der Waals surface area contributed by atoms with Crippen molar-refractivity contribution in [1.82, 2.24) is 19.9 Å². The van der Waals surface area contributed by atoms with Crippen molar-refractivity contribution in [2.75, 3.05) is 13.7 Å². The van der Waals surface area contributed by atoms with Gasteiger partial charge in [-0.3, -0.25) is 4.79 Å². The van der Waals surface area contributed by atoms with Crippen LogP contribution in [-0.4, -0.2) is 46.8 Å². The van der Waals surface area contributed by atoms with Gasteiger partial charge in [-0.25, -0.2) is 9.97 Å². The molecule has 10 heteroatoms. The van der Waals surface area contributed by atoms with Gasteiger partial charge in [-0.05, 0) is 44.0 Å². The molecule has 3 aromatic rings. The molecule has 2 aromatic heterocycles. The minimum atomic E-state index is -2.95. The van der Waals surface area contributed by atoms with E-state index in [2.05, 4.69) is 19.6 Å². The van der Waals surface area contributed by atoms with Gasteiger partial charge in [0.2, 0.25) is 11.8 Å². The van der Waals surface area contributed by atoms with Crippen molar-refractivity contribution in [3.8, 4) is 28.6 Å². The summed E-state index contributed by atoms with van der Waals surface area (Å²) < 4.78 is 43.5. The molecule has 33 heavy (non-hydrogen) atoms. The summed E-state index contributed by atoms with van der Waals surface area (Å²) in [5.74, 6) is 0.610. The molecule has 0 radical (unpaired) electrons. The standard InChI is InChI=1S/C23H24F2N4O4/c1-12(14-8-20(30)26-10-14)32-22-21-17(27-11-29(21)15-4-5-15)9-16(28-22)13-3-6-18(33-23(24)25)19(7-13)31-2/h3,6-7,9,11-12,14-15,23H,4-5,8,10H2,1-2H3,(H,26,30). The summed E-state index contributed by atoms with van der Waals surface area (Å²) in [7, 11) is 1.39. The third-order valence-electron chi connectivity index (χ3n) is 6.11. The summed E-state index contributed by atoms with van der Waals surface area (Å²) in [4.78, 5) is 21.0. The molecule has 1 amide bonds. The third-order valence-corrected chi connectivity index (χ3v) is 6.11. The van der Waals surface area contributed by atoms with Crippen molar-refractivity contribution < 1.29 is 27.8 Å². The van der Waals surface area contributed by atoms with Crippen molar-refractivity contribution in [1.29, 1.82) is 0 Å². The van der Waals surface area contributed by atoms with Crippen molar-refractivity contribution in [3.63, 3.8) is 0 Å². The minimum Gasteiger partial charge on any atom is -0.493 e. The minimum absolute atomic E-state index is 0.0172. The molecule has 8 nitrogen and oxygen atoms in total. The second-order valence-corrected chi connectivity index (χ2v) is 8.40. The topological polar surface area (TPSA) is 87.5 Å². The lowest BCUT2D eigenvalue weighted by Crippen LogP contribution is -2.26. The quantitative estimate of drug-likeness (QED) is 0.550. The number of rotatable bonds is 8. The molecule has 0 spiro atoms. The van der Waals surface area contributed by atoms with Crippen LogP contribution in [0.1, 0.15) is 32.2 Å². The first-order valence-electron chi connectivity index (χ1n) is 10.9. The molecule has 0 bridgehead atoms. The number of hydrogen-bond acceptors (Lipinski definition) is 6. The van der Waals surface area contributed by atoms with E-state index < -0.39 is 6.61 Å². The molecule has 1 aliphatic heterocycles. The molecule has 1 saturated heterocycles. The molecule has 2 unspecified atom stereocenters. The average molecular weight is 458 g/mol. The van der Waals surface area contributed by atoms with Crippen LogP contribution in [0.25, 0.3) is 22.3 Å². The zero-order chi connectivity index (χ0) is 23.1. The number of alkyl halides is 2. The second-order valence-electron chi connectivity index (χ2n) is 8.40. The Morgan fingerprint density at radius 2 is 2.00 bits per heavy atom. The number of methoxy groups -OCH3 is 1. The molecule has 2 fully saturated rings. The number of nitrogens with zero attached hydrogens (tertiary/aromatic N) is 3. The number of imidazole rings is 1. The van der Waals surface area contributed by atoms with Crippen LogP contribution in [0, 0.1) is 5.92 Å². The number of ether oxygens (including phenoxy) is 3. The van der Waals surface area contributed by atoms with Crippen molar-refractivity contribution >= 4 is 16.9 Å². The first-order valence-corrected chi connectivity index (χ1v) is 10.9. The largest absolute Gasteiger partial charge is 0.493 e. The Balaban J connectivity index is 1.54. The van der Waals surface area contributed by atoms with Gasteiger partial charge in [0.25, 0.3) is 0 Å². The highest BCUT2D eigenvalue weighted by Crippen LogP contribution is 2.41. The number of carbonyl (C=O) groups excluding carboxylic acids is 1. The van der Waals surface area contributed by atoms with Gasteiger partial charge in [0.1, 0.15) is 11.6 Å². The molecule has 2 aliphatic rings. The second kappa shape index (κ2) is 8.49. The number of fused-ring (bicyclic) bond motifs is 1. The van der Waals surface area contributed by atoms with Gasteiger partial charge >= 0.3 is 6.61 Å². The number of benzene rings is 1. The summed E-state index contributed by atoms with van der Waals surface area (Å²) in [6.07, 6.45) is 4.12. The predicted octanol–water partition coefficient (Wildman–Crippen LogP) is 3.95. The van der Waals surface area contributed by atoms with E-state index in [0.717, 1.165) is 23.9 Å². The van der Waals surface area contributed by atoms with Gasteiger partial charge < -0.3 is 24.1 Å². The van der Waals surface area contributed by atoms with E-state index in [1.54, 1.807) is 18.5 Å². The van der Waals surface area contributed by atoms with Crippen molar-refractivity contribution in [2.45, 2.75) is 44.9 Å². The van der Waals surface area contributed by atoms with Crippen molar-refractivity contribution in [2.24, 2.45) is 5.92 Å². The molecule has 1 aliphatic carbocycles. The Kier molecular flexibility index (Phi) is 5.51. The molecule has 3 heterocycles. The summed E-state index contributed by atoms with van der Waals surface area (Å²) >= 11 is 0. The molecular formula is C23H24F2N4O4. The zero-order valence-electron chi connectivity index (χ0n) is 18.3. The van der Waals surface area contributed by atoms with Crippen LogP contribution in [-0.2, 0) is 4.79 Å². The monoisotopic (exact) mass is 458 g/mol.